The summed E-state index contributed by atoms with van der Waals surface area (Å²) in [5.41, 5.74) is 0. The molecule has 0 radical (unpaired) electrons. The number of ether oxygens (including phenoxy) is 2. The number of nitriles is 1. The molecular formula is C9H17NO2. The van der Waals surface area contributed by atoms with Crippen molar-refractivity contribution in [1.29, 1.82) is 5.26 Å². The predicted octanol–water partition coefficient (Wildman–Crippen LogP) is 1.59. The Morgan fingerprint density at radius 2 is 1.83 bits per heavy atom. The molecule has 0 aromatic heterocycles. The minimum atomic E-state index is 0.462. The minimum absolute atomic E-state index is 0.462. The highest BCUT2D eigenvalue weighted by Gasteiger charge is 1.93. The Bertz CT molecular complexity index is 129. The maximum absolute atomic E-state index is 8.18. The van der Waals surface area contributed by atoms with Gasteiger partial charge in [0.25, 0.3) is 0 Å². The monoisotopic (exact) mass is 171 g/mol. The lowest BCUT2D eigenvalue weighted by molar-refractivity contribution is 0.0396. The van der Waals surface area contributed by atoms with Crippen molar-refractivity contribution < 1.29 is 9.47 Å². The largest absolute Gasteiger partial charge is 0.379 e. The standard InChI is InChI=1S/C9H17NO2/c1-9(2)8-12-7-6-11-5-3-4-10/h9H,3,5-8H2,1-2H3. The SMILES string of the molecule is CC(C)COCCOCCC#N. The van der Waals surface area contributed by atoms with Crippen LogP contribution in [0.15, 0.2) is 0 Å². The van der Waals surface area contributed by atoms with Gasteiger partial charge in [-0.05, 0) is 5.92 Å². The van der Waals surface area contributed by atoms with Gasteiger partial charge >= 0.3 is 0 Å². The zero-order chi connectivity index (χ0) is 9.23. The third kappa shape index (κ3) is 9.41. The molecule has 0 fully saturated rings. The summed E-state index contributed by atoms with van der Waals surface area (Å²) in [6, 6.07) is 2.01. The van der Waals surface area contributed by atoms with Crippen molar-refractivity contribution in [2.75, 3.05) is 26.4 Å². The summed E-state index contributed by atoms with van der Waals surface area (Å²) in [5, 5.41) is 8.18. The van der Waals surface area contributed by atoms with Crippen LogP contribution < -0.4 is 0 Å². The Morgan fingerprint density at radius 3 is 2.42 bits per heavy atom. The van der Waals surface area contributed by atoms with Gasteiger partial charge in [0.1, 0.15) is 0 Å². The van der Waals surface area contributed by atoms with Crippen molar-refractivity contribution in [2.24, 2.45) is 5.92 Å². The molecule has 3 heteroatoms. The summed E-state index contributed by atoms with van der Waals surface area (Å²) >= 11 is 0. The molecule has 0 aromatic carbocycles. The van der Waals surface area contributed by atoms with Gasteiger partial charge in [0.2, 0.25) is 0 Å². The van der Waals surface area contributed by atoms with Crippen LogP contribution in [0.2, 0.25) is 0 Å². The molecule has 0 rings (SSSR count). The van der Waals surface area contributed by atoms with Gasteiger partial charge in [-0.1, -0.05) is 13.8 Å². The Morgan fingerprint density at radius 1 is 1.17 bits per heavy atom. The molecule has 0 saturated carbocycles. The van der Waals surface area contributed by atoms with Crippen LogP contribution in [0, 0.1) is 17.2 Å². The van der Waals surface area contributed by atoms with Crippen molar-refractivity contribution in [2.45, 2.75) is 20.3 Å². The molecule has 3 nitrogen and oxygen atoms in total. The fourth-order valence-corrected chi connectivity index (χ4v) is 0.657. The molecule has 0 aromatic rings. The summed E-state index contributed by atoms with van der Waals surface area (Å²) in [6.07, 6.45) is 0.462. The fraction of sp³-hybridized carbons (Fsp3) is 0.889. The molecule has 70 valence electrons. The lowest BCUT2D eigenvalue weighted by Crippen LogP contribution is -2.08. The second-order valence-electron chi connectivity index (χ2n) is 2.99. The Hall–Kier alpha value is -0.590. The zero-order valence-electron chi connectivity index (χ0n) is 7.88. The molecule has 0 aliphatic rings. The normalized spacial score (nSPS) is 10.2. The van der Waals surface area contributed by atoms with Crippen LogP contribution in [0.3, 0.4) is 0 Å². The molecule has 0 atom stereocenters. The van der Waals surface area contributed by atoms with E-state index in [1.54, 1.807) is 0 Å². The first-order valence-corrected chi connectivity index (χ1v) is 4.29. The van der Waals surface area contributed by atoms with Crippen LogP contribution in [-0.2, 0) is 9.47 Å². The van der Waals surface area contributed by atoms with Crippen LogP contribution in [0.25, 0.3) is 0 Å². The smallest absolute Gasteiger partial charge is 0.0700 e. The van der Waals surface area contributed by atoms with E-state index in [-0.39, 0.29) is 0 Å². The highest BCUT2D eigenvalue weighted by Crippen LogP contribution is 1.91. The molecule has 0 aliphatic heterocycles. The highest BCUT2D eigenvalue weighted by atomic mass is 16.5. The number of rotatable bonds is 7. The summed E-state index contributed by atoms with van der Waals surface area (Å²) in [7, 11) is 0. The van der Waals surface area contributed by atoms with E-state index < -0.39 is 0 Å². The maximum Gasteiger partial charge on any atom is 0.0700 e. The molecule has 0 saturated heterocycles. The summed E-state index contributed by atoms with van der Waals surface area (Å²) in [5.74, 6) is 0.573. The predicted molar refractivity (Wildman–Crippen MR) is 46.7 cm³/mol. The van der Waals surface area contributed by atoms with E-state index >= 15 is 0 Å². The lowest BCUT2D eigenvalue weighted by atomic mass is 10.2. The van der Waals surface area contributed by atoms with Gasteiger partial charge in [-0.3, -0.25) is 0 Å². The molecule has 0 amide bonds. The van der Waals surface area contributed by atoms with Gasteiger partial charge in [0, 0.05) is 6.61 Å². The van der Waals surface area contributed by atoms with Gasteiger partial charge < -0.3 is 9.47 Å². The van der Waals surface area contributed by atoms with Crippen molar-refractivity contribution >= 4 is 0 Å². The molecule has 0 spiro atoms. The van der Waals surface area contributed by atoms with E-state index in [2.05, 4.69) is 13.8 Å². The van der Waals surface area contributed by atoms with Gasteiger partial charge in [0.05, 0.1) is 32.3 Å². The van der Waals surface area contributed by atoms with E-state index in [4.69, 9.17) is 14.7 Å². The average Bonchev–Trinajstić information content (AvgIpc) is 2.02. The Labute approximate surface area is 74.3 Å². The summed E-state index contributed by atoms with van der Waals surface area (Å²) in [6.45, 7) is 6.73. The lowest BCUT2D eigenvalue weighted by Gasteiger charge is -2.06. The molecule has 0 unspecified atom stereocenters. The van der Waals surface area contributed by atoms with Crippen LogP contribution in [0.4, 0.5) is 0 Å². The van der Waals surface area contributed by atoms with Gasteiger partial charge in [-0.2, -0.15) is 5.26 Å². The first kappa shape index (κ1) is 11.4. The second kappa shape index (κ2) is 8.51. The first-order chi connectivity index (χ1) is 5.77. The van der Waals surface area contributed by atoms with E-state index in [0.717, 1.165) is 6.61 Å². The van der Waals surface area contributed by atoms with Gasteiger partial charge in [-0.25, -0.2) is 0 Å². The Balaban J connectivity index is 2.87. The fourth-order valence-electron chi connectivity index (χ4n) is 0.657. The molecule has 0 N–H and O–H groups in total. The van der Waals surface area contributed by atoms with E-state index in [0.29, 0.717) is 32.2 Å². The van der Waals surface area contributed by atoms with Gasteiger partial charge in [-0.15, -0.1) is 0 Å². The van der Waals surface area contributed by atoms with Crippen molar-refractivity contribution in [3.8, 4) is 6.07 Å². The van der Waals surface area contributed by atoms with E-state index in [1.165, 1.54) is 0 Å². The van der Waals surface area contributed by atoms with E-state index in [1.807, 2.05) is 6.07 Å². The van der Waals surface area contributed by atoms with Crippen LogP contribution in [0.5, 0.6) is 0 Å². The molecule has 0 heterocycles. The molecular weight excluding hydrogens is 154 g/mol. The zero-order valence-corrected chi connectivity index (χ0v) is 7.88. The third-order valence-corrected chi connectivity index (χ3v) is 1.18. The number of hydrogen-bond donors (Lipinski definition) is 0. The van der Waals surface area contributed by atoms with E-state index in [9.17, 15) is 0 Å². The maximum atomic E-state index is 8.18. The summed E-state index contributed by atoms with van der Waals surface area (Å²) < 4.78 is 10.4. The average molecular weight is 171 g/mol. The molecule has 12 heavy (non-hydrogen) atoms. The van der Waals surface area contributed by atoms with Crippen molar-refractivity contribution in [3.05, 3.63) is 0 Å². The van der Waals surface area contributed by atoms with Crippen LogP contribution >= 0.6 is 0 Å². The number of hydrogen-bond acceptors (Lipinski definition) is 3. The molecule has 0 bridgehead atoms. The quantitative estimate of drug-likeness (QED) is 0.546. The van der Waals surface area contributed by atoms with Crippen LogP contribution in [0.1, 0.15) is 20.3 Å². The molecule has 0 aliphatic carbocycles. The van der Waals surface area contributed by atoms with Gasteiger partial charge in [0.15, 0.2) is 0 Å². The summed E-state index contributed by atoms with van der Waals surface area (Å²) in [4.78, 5) is 0. The topological polar surface area (TPSA) is 42.2 Å². The third-order valence-electron chi connectivity index (χ3n) is 1.18. The second-order valence-corrected chi connectivity index (χ2v) is 2.99. The number of nitrogens with zero attached hydrogens (tertiary/aromatic N) is 1. The first-order valence-electron chi connectivity index (χ1n) is 4.29. The van der Waals surface area contributed by atoms with Crippen molar-refractivity contribution in [3.63, 3.8) is 0 Å². The van der Waals surface area contributed by atoms with Crippen LogP contribution in [-0.4, -0.2) is 26.4 Å². The Kier molecular flexibility index (Phi) is 8.09. The minimum Gasteiger partial charge on any atom is -0.379 e. The highest BCUT2D eigenvalue weighted by molar-refractivity contribution is 4.66. The van der Waals surface area contributed by atoms with Crippen molar-refractivity contribution in [1.82, 2.24) is 0 Å².